The number of β-amino-alcohol motifs (C(OH)–C–C–N with tert-alkyl or cyclic N) is 1. The van der Waals surface area contributed by atoms with Gasteiger partial charge in [0.1, 0.15) is 12.7 Å². The fourth-order valence-electron chi connectivity index (χ4n) is 3.90. The summed E-state index contributed by atoms with van der Waals surface area (Å²) < 4.78 is 11.0. The molecule has 7 heteroatoms. The van der Waals surface area contributed by atoms with Crippen LogP contribution in [0.25, 0.3) is 0 Å². The van der Waals surface area contributed by atoms with E-state index in [4.69, 9.17) is 9.47 Å². The lowest BCUT2D eigenvalue weighted by Gasteiger charge is -2.36. The molecule has 6 nitrogen and oxygen atoms in total. The molecule has 0 heterocycles. The standard InChI is InChI=1S/C28H34N2O4.ClH/c1-28(2,29-19-23(31)20-34-25-18-12-11-17-24(25)33-4)27(32)30(3)26(21-13-7-5-8-14-21)22-15-9-6-10-16-22;/h5-18,23,26,29,31H,19-20H2,1-4H3;1H. The summed E-state index contributed by atoms with van der Waals surface area (Å²) in [6, 6.07) is 27.0. The van der Waals surface area contributed by atoms with Crippen LogP contribution < -0.4 is 14.8 Å². The summed E-state index contributed by atoms with van der Waals surface area (Å²) in [5.74, 6) is 1.09. The highest BCUT2D eigenvalue weighted by Crippen LogP contribution is 2.29. The van der Waals surface area contributed by atoms with E-state index in [1.807, 2.05) is 93.7 Å². The SMILES string of the molecule is COc1ccccc1OCC(O)CNC(C)(C)C(=O)N(C)C(c1ccccc1)c1ccccc1.Cl. The van der Waals surface area contributed by atoms with Crippen molar-refractivity contribution in [2.45, 2.75) is 31.5 Å². The zero-order valence-corrected chi connectivity index (χ0v) is 21.5. The molecule has 1 unspecified atom stereocenters. The number of halogens is 1. The molecule has 0 aliphatic heterocycles. The van der Waals surface area contributed by atoms with Gasteiger partial charge in [-0.1, -0.05) is 72.8 Å². The van der Waals surface area contributed by atoms with Crippen molar-refractivity contribution in [3.05, 3.63) is 96.1 Å². The first-order chi connectivity index (χ1) is 16.3. The first kappa shape index (κ1) is 28.2. The van der Waals surface area contributed by atoms with Crippen LogP contribution in [0.5, 0.6) is 11.5 Å². The third-order valence-electron chi connectivity index (χ3n) is 5.75. The van der Waals surface area contributed by atoms with Gasteiger partial charge in [-0.3, -0.25) is 4.79 Å². The third kappa shape index (κ3) is 7.46. The predicted molar refractivity (Wildman–Crippen MR) is 141 cm³/mol. The second kappa shape index (κ2) is 13.1. The van der Waals surface area contributed by atoms with Crippen LogP contribution >= 0.6 is 12.4 Å². The summed E-state index contributed by atoms with van der Waals surface area (Å²) in [5, 5.41) is 13.7. The zero-order chi connectivity index (χ0) is 24.6. The van der Waals surface area contributed by atoms with Gasteiger partial charge in [0.15, 0.2) is 11.5 Å². The van der Waals surface area contributed by atoms with Crippen LogP contribution in [0.2, 0.25) is 0 Å². The number of benzene rings is 3. The molecule has 0 saturated carbocycles. The summed E-state index contributed by atoms with van der Waals surface area (Å²) in [7, 11) is 3.39. The average molecular weight is 499 g/mol. The van der Waals surface area contributed by atoms with Crippen LogP contribution in [0.15, 0.2) is 84.9 Å². The van der Waals surface area contributed by atoms with Gasteiger partial charge in [0.25, 0.3) is 0 Å². The van der Waals surface area contributed by atoms with Crippen LogP contribution in [-0.4, -0.2) is 54.9 Å². The van der Waals surface area contributed by atoms with Crippen LogP contribution in [0.1, 0.15) is 31.0 Å². The van der Waals surface area contributed by atoms with Crippen molar-refractivity contribution >= 4 is 18.3 Å². The number of ether oxygens (including phenoxy) is 2. The number of carbonyl (C=O) groups excluding carboxylic acids is 1. The topological polar surface area (TPSA) is 71.0 Å². The molecular formula is C28H35ClN2O4. The molecule has 2 N–H and O–H groups in total. The van der Waals surface area contributed by atoms with E-state index in [0.717, 1.165) is 11.1 Å². The molecule has 0 saturated heterocycles. The van der Waals surface area contributed by atoms with E-state index in [2.05, 4.69) is 5.32 Å². The lowest BCUT2D eigenvalue weighted by molar-refractivity contribution is -0.137. The highest BCUT2D eigenvalue weighted by atomic mass is 35.5. The van der Waals surface area contributed by atoms with Crippen LogP contribution in [0.3, 0.4) is 0 Å². The minimum Gasteiger partial charge on any atom is -0.493 e. The predicted octanol–water partition coefficient (Wildman–Crippen LogP) is 4.47. The molecule has 0 radical (unpaired) electrons. The van der Waals surface area contributed by atoms with Crippen LogP contribution in [0.4, 0.5) is 0 Å². The Balaban J connectivity index is 0.00000432. The molecule has 3 rings (SSSR count). The van der Waals surface area contributed by atoms with E-state index >= 15 is 0 Å². The Morgan fingerprint density at radius 2 is 1.40 bits per heavy atom. The van der Waals surface area contributed by atoms with Crippen LogP contribution in [-0.2, 0) is 4.79 Å². The smallest absolute Gasteiger partial charge is 0.242 e. The molecule has 188 valence electrons. The average Bonchev–Trinajstić information content (AvgIpc) is 2.87. The van der Waals surface area contributed by atoms with Gasteiger partial charge < -0.3 is 24.8 Å². The Bertz CT molecular complexity index is 1010. The van der Waals surface area contributed by atoms with E-state index in [1.54, 1.807) is 24.1 Å². The minimum absolute atomic E-state index is 0. The van der Waals surface area contributed by atoms with Gasteiger partial charge in [-0.15, -0.1) is 12.4 Å². The Morgan fingerprint density at radius 1 is 0.914 bits per heavy atom. The maximum absolute atomic E-state index is 13.6. The number of likely N-dealkylation sites (N-methyl/N-ethyl adjacent to an activating group) is 1. The molecule has 1 atom stereocenters. The Morgan fingerprint density at radius 3 is 1.91 bits per heavy atom. The number of nitrogens with one attached hydrogen (secondary N) is 1. The van der Waals surface area contributed by atoms with E-state index in [-0.39, 0.29) is 37.5 Å². The van der Waals surface area contributed by atoms with Gasteiger partial charge in [0, 0.05) is 13.6 Å². The van der Waals surface area contributed by atoms with Crippen molar-refractivity contribution < 1.29 is 19.4 Å². The number of methoxy groups -OCH3 is 1. The van der Waals surface area contributed by atoms with E-state index in [0.29, 0.717) is 11.5 Å². The fraction of sp³-hybridized carbons (Fsp3) is 0.321. The van der Waals surface area contributed by atoms with Gasteiger partial charge in [0.05, 0.1) is 18.7 Å². The number of rotatable bonds is 11. The second-order valence-electron chi connectivity index (χ2n) is 8.76. The van der Waals surface area contributed by atoms with Crippen LogP contribution in [0, 0.1) is 0 Å². The number of amides is 1. The number of hydrogen-bond acceptors (Lipinski definition) is 5. The summed E-state index contributed by atoms with van der Waals surface area (Å²) in [5.41, 5.74) is 1.17. The molecule has 3 aromatic carbocycles. The molecule has 0 aromatic heterocycles. The summed E-state index contributed by atoms with van der Waals surface area (Å²) in [6.45, 7) is 3.92. The van der Waals surface area contributed by atoms with Gasteiger partial charge >= 0.3 is 0 Å². The normalized spacial score (nSPS) is 11.9. The maximum Gasteiger partial charge on any atom is 0.242 e. The number of aliphatic hydroxyl groups excluding tert-OH is 1. The molecule has 0 spiro atoms. The largest absolute Gasteiger partial charge is 0.493 e. The van der Waals surface area contributed by atoms with Crippen molar-refractivity contribution in [1.82, 2.24) is 10.2 Å². The number of hydrogen-bond donors (Lipinski definition) is 2. The van der Waals surface area contributed by atoms with E-state index in [1.165, 1.54) is 0 Å². The first-order valence-corrected chi connectivity index (χ1v) is 11.4. The first-order valence-electron chi connectivity index (χ1n) is 11.4. The lowest BCUT2D eigenvalue weighted by Crippen LogP contribution is -2.55. The Kier molecular flexibility index (Phi) is 10.6. The van der Waals surface area contributed by atoms with Crippen molar-refractivity contribution in [2.24, 2.45) is 0 Å². The second-order valence-corrected chi connectivity index (χ2v) is 8.76. The quantitative estimate of drug-likeness (QED) is 0.408. The fourth-order valence-corrected chi connectivity index (χ4v) is 3.90. The molecule has 0 fully saturated rings. The number of carbonyl (C=O) groups is 1. The molecule has 0 aliphatic carbocycles. The highest BCUT2D eigenvalue weighted by Gasteiger charge is 2.34. The van der Waals surface area contributed by atoms with Crippen molar-refractivity contribution in [3.8, 4) is 11.5 Å². The highest BCUT2D eigenvalue weighted by molar-refractivity contribution is 5.86. The number of aliphatic hydroxyl groups is 1. The van der Waals surface area contributed by atoms with Gasteiger partial charge in [0.2, 0.25) is 5.91 Å². The van der Waals surface area contributed by atoms with Crippen molar-refractivity contribution in [1.29, 1.82) is 0 Å². The molecular weight excluding hydrogens is 464 g/mol. The lowest BCUT2D eigenvalue weighted by atomic mass is 9.94. The Labute approximate surface area is 214 Å². The molecule has 3 aromatic rings. The molecule has 0 aliphatic rings. The molecule has 0 bridgehead atoms. The van der Waals surface area contributed by atoms with Gasteiger partial charge in [-0.05, 0) is 37.1 Å². The van der Waals surface area contributed by atoms with Gasteiger partial charge in [-0.2, -0.15) is 0 Å². The monoisotopic (exact) mass is 498 g/mol. The zero-order valence-electron chi connectivity index (χ0n) is 20.7. The van der Waals surface area contributed by atoms with Gasteiger partial charge in [-0.25, -0.2) is 0 Å². The van der Waals surface area contributed by atoms with Crippen molar-refractivity contribution in [3.63, 3.8) is 0 Å². The Hall–Kier alpha value is -3.06. The summed E-state index contributed by atoms with van der Waals surface area (Å²) in [4.78, 5) is 15.3. The van der Waals surface area contributed by atoms with E-state index < -0.39 is 11.6 Å². The van der Waals surface area contributed by atoms with E-state index in [9.17, 15) is 9.90 Å². The van der Waals surface area contributed by atoms with Crippen molar-refractivity contribution in [2.75, 3.05) is 27.3 Å². The molecule has 1 amide bonds. The number of nitrogens with zero attached hydrogens (tertiary/aromatic N) is 1. The minimum atomic E-state index is -0.901. The molecule has 35 heavy (non-hydrogen) atoms. The number of para-hydroxylation sites is 2. The summed E-state index contributed by atoms with van der Waals surface area (Å²) in [6.07, 6.45) is -0.804. The summed E-state index contributed by atoms with van der Waals surface area (Å²) >= 11 is 0. The maximum atomic E-state index is 13.6. The third-order valence-corrected chi connectivity index (χ3v) is 5.75.